The fourth-order valence-corrected chi connectivity index (χ4v) is 2.40. The van der Waals surface area contributed by atoms with Crippen molar-refractivity contribution in [3.8, 4) is 11.6 Å². The molecule has 2 aromatic heterocycles. The largest absolute Gasteiger partial charge is 0.487 e. The van der Waals surface area contributed by atoms with Crippen LogP contribution in [-0.2, 0) is 6.61 Å². The van der Waals surface area contributed by atoms with Crippen molar-refractivity contribution in [2.24, 2.45) is 5.73 Å². The Labute approximate surface area is 162 Å². The molecular weight excluding hydrogens is 358 g/mol. The maximum absolute atomic E-state index is 11.1. The number of nitrogen functional groups attached to an aromatic ring is 1. The molecule has 8 heteroatoms. The van der Waals surface area contributed by atoms with Gasteiger partial charge in [-0.05, 0) is 56.7 Å². The second-order valence-electron chi connectivity index (χ2n) is 6.95. The Kier molecular flexibility index (Phi) is 5.30. The van der Waals surface area contributed by atoms with Gasteiger partial charge in [0, 0.05) is 5.56 Å². The van der Waals surface area contributed by atoms with Crippen LogP contribution in [0, 0.1) is 0 Å². The van der Waals surface area contributed by atoms with Gasteiger partial charge in [0.15, 0.2) is 5.52 Å². The summed E-state index contributed by atoms with van der Waals surface area (Å²) in [5, 5.41) is 0. The summed E-state index contributed by atoms with van der Waals surface area (Å²) < 4.78 is 11.8. The van der Waals surface area contributed by atoms with Gasteiger partial charge >= 0.3 is 0 Å². The van der Waals surface area contributed by atoms with Gasteiger partial charge in [0.05, 0.1) is 11.2 Å². The quantitative estimate of drug-likeness (QED) is 0.644. The normalized spacial score (nSPS) is 11.4. The number of hydrogen-bond acceptors (Lipinski definition) is 7. The maximum Gasteiger partial charge on any atom is 0.248 e. The summed E-state index contributed by atoms with van der Waals surface area (Å²) in [4.78, 5) is 24.2. The molecule has 0 aliphatic heterocycles. The highest BCUT2D eigenvalue weighted by molar-refractivity contribution is 5.92. The number of fused-ring (bicyclic) bond motifs is 1. The summed E-state index contributed by atoms with van der Waals surface area (Å²) >= 11 is 0. The predicted molar refractivity (Wildman–Crippen MR) is 106 cm³/mol. The number of pyridine rings is 1. The van der Waals surface area contributed by atoms with Gasteiger partial charge in [0.25, 0.3) is 0 Å². The van der Waals surface area contributed by atoms with Crippen molar-refractivity contribution < 1.29 is 14.3 Å². The molecule has 2 heterocycles. The average Bonchev–Trinajstić information content (AvgIpc) is 2.66. The zero-order valence-electron chi connectivity index (χ0n) is 16.1. The number of rotatable bonds is 7. The molecule has 0 aliphatic carbocycles. The Morgan fingerprint density at radius 1 is 1.07 bits per heavy atom. The Morgan fingerprint density at radius 2 is 1.79 bits per heavy atom. The Hall–Kier alpha value is -3.42. The van der Waals surface area contributed by atoms with Crippen LogP contribution < -0.4 is 20.9 Å². The standard InChI is InChI=1S/C20H23N5O3/c1-4-20(2,3)28-18-16-15(24-19(22)25-18)10-7-13(23-16)11-27-14-8-5-12(6-9-14)17(21)26/h5-10H,4,11H2,1-3H3,(H2,21,26)(H2,22,24,25). The molecule has 0 saturated heterocycles. The molecule has 0 fully saturated rings. The van der Waals surface area contributed by atoms with Crippen molar-refractivity contribution in [2.75, 3.05) is 5.73 Å². The lowest BCUT2D eigenvalue weighted by Crippen LogP contribution is -2.27. The molecule has 0 radical (unpaired) electrons. The lowest BCUT2D eigenvalue weighted by molar-refractivity contribution is 0.0997. The predicted octanol–water partition coefficient (Wildman–Crippen LogP) is 2.85. The molecule has 0 spiro atoms. The third kappa shape index (κ3) is 4.46. The first-order chi connectivity index (χ1) is 13.3. The van der Waals surface area contributed by atoms with Crippen LogP contribution in [0.3, 0.4) is 0 Å². The molecule has 3 rings (SSSR count). The minimum Gasteiger partial charge on any atom is -0.487 e. The Bertz CT molecular complexity index is 1000. The second kappa shape index (κ2) is 7.67. The number of nitrogens with two attached hydrogens (primary N) is 2. The third-order valence-electron chi connectivity index (χ3n) is 4.34. The summed E-state index contributed by atoms with van der Waals surface area (Å²) in [7, 11) is 0. The van der Waals surface area contributed by atoms with E-state index in [0.717, 1.165) is 6.42 Å². The van der Waals surface area contributed by atoms with Gasteiger partial charge in [-0.2, -0.15) is 4.98 Å². The molecule has 1 aromatic carbocycles. The highest BCUT2D eigenvalue weighted by Crippen LogP contribution is 2.27. The lowest BCUT2D eigenvalue weighted by Gasteiger charge is -2.24. The Balaban J connectivity index is 1.84. The summed E-state index contributed by atoms with van der Waals surface area (Å²) in [5.41, 5.74) is 12.9. The third-order valence-corrected chi connectivity index (χ3v) is 4.34. The van der Waals surface area contributed by atoms with E-state index in [2.05, 4.69) is 15.0 Å². The van der Waals surface area contributed by atoms with Crippen molar-refractivity contribution in [1.29, 1.82) is 0 Å². The number of carbonyl (C=O) groups excluding carboxylic acids is 1. The van der Waals surface area contributed by atoms with Gasteiger partial charge in [-0.15, -0.1) is 0 Å². The molecular formula is C20H23N5O3. The fraction of sp³-hybridized carbons (Fsp3) is 0.300. The van der Waals surface area contributed by atoms with Gasteiger partial charge in [-0.1, -0.05) is 6.92 Å². The first-order valence-electron chi connectivity index (χ1n) is 8.92. The van der Waals surface area contributed by atoms with Crippen molar-refractivity contribution in [3.63, 3.8) is 0 Å². The summed E-state index contributed by atoms with van der Waals surface area (Å²) in [6.07, 6.45) is 0.794. The summed E-state index contributed by atoms with van der Waals surface area (Å²) in [5.74, 6) is 0.602. The number of ether oxygens (including phenoxy) is 2. The molecule has 0 saturated carbocycles. The van der Waals surface area contributed by atoms with Crippen molar-refractivity contribution in [1.82, 2.24) is 15.0 Å². The van der Waals surface area contributed by atoms with Crippen LogP contribution in [0.25, 0.3) is 11.0 Å². The molecule has 4 N–H and O–H groups in total. The van der Waals surface area contributed by atoms with Gasteiger partial charge in [-0.3, -0.25) is 4.79 Å². The minimum atomic E-state index is -0.482. The van der Waals surface area contributed by atoms with Gasteiger partial charge < -0.3 is 20.9 Å². The second-order valence-corrected chi connectivity index (χ2v) is 6.95. The molecule has 1 amide bonds. The van der Waals surface area contributed by atoms with E-state index in [9.17, 15) is 4.79 Å². The molecule has 28 heavy (non-hydrogen) atoms. The highest BCUT2D eigenvalue weighted by Gasteiger charge is 2.21. The van der Waals surface area contributed by atoms with E-state index in [1.54, 1.807) is 36.4 Å². The van der Waals surface area contributed by atoms with Gasteiger partial charge in [0.2, 0.25) is 17.7 Å². The first-order valence-corrected chi connectivity index (χ1v) is 8.92. The van der Waals surface area contributed by atoms with E-state index < -0.39 is 11.5 Å². The summed E-state index contributed by atoms with van der Waals surface area (Å²) in [6.45, 7) is 6.20. The smallest absolute Gasteiger partial charge is 0.248 e. The zero-order chi connectivity index (χ0) is 20.3. The Morgan fingerprint density at radius 3 is 2.43 bits per heavy atom. The molecule has 0 unspecified atom stereocenters. The van der Waals surface area contributed by atoms with E-state index in [0.29, 0.717) is 33.9 Å². The topological polar surface area (TPSA) is 126 Å². The molecule has 0 bridgehead atoms. The van der Waals surface area contributed by atoms with E-state index in [1.807, 2.05) is 20.8 Å². The molecule has 146 valence electrons. The molecule has 8 nitrogen and oxygen atoms in total. The molecule has 3 aromatic rings. The number of hydrogen-bond donors (Lipinski definition) is 2. The van der Waals surface area contributed by atoms with Crippen LogP contribution in [0.2, 0.25) is 0 Å². The number of anilines is 1. The van der Waals surface area contributed by atoms with Gasteiger partial charge in [0.1, 0.15) is 18.0 Å². The number of amides is 1. The SMILES string of the molecule is CCC(C)(C)Oc1nc(N)nc2ccc(COc3ccc(C(N)=O)cc3)nc12. The average molecular weight is 381 g/mol. The van der Waals surface area contributed by atoms with Crippen LogP contribution >= 0.6 is 0 Å². The highest BCUT2D eigenvalue weighted by atomic mass is 16.5. The number of nitrogens with zero attached hydrogens (tertiary/aromatic N) is 3. The number of benzene rings is 1. The van der Waals surface area contributed by atoms with E-state index in [1.165, 1.54) is 0 Å². The van der Waals surface area contributed by atoms with Crippen LogP contribution in [0.5, 0.6) is 11.6 Å². The fourth-order valence-electron chi connectivity index (χ4n) is 2.40. The number of carbonyl (C=O) groups is 1. The minimum absolute atomic E-state index is 0.134. The lowest BCUT2D eigenvalue weighted by atomic mass is 10.1. The van der Waals surface area contributed by atoms with Crippen LogP contribution in [0.1, 0.15) is 43.2 Å². The van der Waals surface area contributed by atoms with E-state index in [4.69, 9.17) is 20.9 Å². The number of primary amides is 1. The first kappa shape index (κ1) is 19.3. The van der Waals surface area contributed by atoms with E-state index in [-0.39, 0.29) is 12.6 Å². The molecule has 0 aliphatic rings. The maximum atomic E-state index is 11.1. The monoisotopic (exact) mass is 381 g/mol. The van der Waals surface area contributed by atoms with Crippen molar-refractivity contribution >= 4 is 22.9 Å². The van der Waals surface area contributed by atoms with Crippen molar-refractivity contribution in [3.05, 3.63) is 47.7 Å². The summed E-state index contributed by atoms with van der Waals surface area (Å²) in [6, 6.07) is 10.2. The van der Waals surface area contributed by atoms with E-state index >= 15 is 0 Å². The zero-order valence-corrected chi connectivity index (χ0v) is 16.1. The number of aromatic nitrogens is 3. The van der Waals surface area contributed by atoms with Crippen LogP contribution in [0.15, 0.2) is 36.4 Å². The van der Waals surface area contributed by atoms with Crippen LogP contribution in [-0.4, -0.2) is 26.5 Å². The van der Waals surface area contributed by atoms with Crippen LogP contribution in [0.4, 0.5) is 5.95 Å². The van der Waals surface area contributed by atoms with Gasteiger partial charge in [-0.25, -0.2) is 9.97 Å². The molecule has 0 atom stereocenters. The van der Waals surface area contributed by atoms with Crippen molar-refractivity contribution in [2.45, 2.75) is 39.4 Å².